The van der Waals surface area contributed by atoms with Crippen LogP contribution in [0.15, 0.2) is 46.1 Å². The quantitative estimate of drug-likeness (QED) is 0.337. The van der Waals surface area contributed by atoms with E-state index in [2.05, 4.69) is 26.7 Å². The fourth-order valence-electron chi connectivity index (χ4n) is 4.65. The van der Waals surface area contributed by atoms with Gasteiger partial charge in [0.2, 0.25) is 0 Å². The molecule has 2 atom stereocenters. The van der Waals surface area contributed by atoms with E-state index in [9.17, 15) is 9.90 Å². The summed E-state index contributed by atoms with van der Waals surface area (Å²) in [5.41, 5.74) is 1.96. The number of aromatic nitrogens is 1. The van der Waals surface area contributed by atoms with Crippen molar-refractivity contribution in [3.63, 3.8) is 0 Å². The van der Waals surface area contributed by atoms with Crippen LogP contribution >= 0.6 is 34.7 Å². The van der Waals surface area contributed by atoms with Crippen molar-refractivity contribution in [2.75, 3.05) is 32.5 Å². The molecule has 0 amide bonds. The molecule has 1 aliphatic heterocycles. The van der Waals surface area contributed by atoms with Crippen LogP contribution in [0.25, 0.3) is 10.9 Å². The van der Waals surface area contributed by atoms with Crippen molar-refractivity contribution in [2.45, 2.75) is 30.6 Å². The molecule has 0 spiro atoms. The van der Waals surface area contributed by atoms with Gasteiger partial charge in [-0.2, -0.15) is 11.3 Å². The number of thioether (sulfide) groups is 1. The molecule has 0 unspecified atom stereocenters. The summed E-state index contributed by atoms with van der Waals surface area (Å²) in [5.74, 6) is 0.986. The van der Waals surface area contributed by atoms with Crippen molar-refractivity contribution in [1.82, 2.24) is 9.88 Å². The normalized spacial score (nSPS) is 19.1. The zero-order valence-corrected chi connectivity index (χ0v) is 21.1. The molecule has 0 saturated carbocycles. The van der Waals surface area contributed by atoms with Crippen LogP contribution in [0.1, 0.15) is 24.8 Å². The number of nitrogens with zero attached hydrogens (tertiary/aromatic N) is 2. The summed E-state index contributed by atoms with van der Waals surface area (Å²) in [6, 6.07) is 7.96. The van der Waals surface area contributed by atoms with Crippen LogP contribution in [0.4, 0.5) is 0 Å². The van der Waals surface area contributed by atoms with Gasteiger partial charge in [0.15, 0.2) is 0 Å². The van der Waals surface area contributed by atoms with Crippen molar-refractivity contribution >= 4 is 51.6 Å². The molecule has 2 aromatic heterocycles. The summed E-state index contributed by atoms with van der Waals surface area (Å²) in [6.07, 6.45) is 5.23. The van der Waals surface area contributed by atoms with Crippen LogP contribution in [-0.4, -0.2) is 53.5 Å². The van der Waals surface area contributed by atoms with Gasteiger partial charge in [-0.15, -0.1) is 11.8 Å². The van der Waals surface area contributed by atoms with Crippen LogP contribution in [0.5, 0.6) is 5.75 Å². The number of carboxylic acid groups (broad SMARTS) is 1. The lowest BCUT2D eigenvalue weighted by Gasteiger charge is -2.36. The number of carbonyl (C=O) groups is 1. The fraction of sp³-hybridized carbons (Fsp3) is 0.440. The Labute approximate surface area is 208 Å². The monoisotopic (exact) mass is 504 g/mol. The Morgan fingerprint density at radius 3 is 3.03 bits per heavy atom. The summed E-state index contributed by atoms with van der Waals surface area (Å²) < 4.78 is 5.37. The van der Waals surface area contributed by atoms with Gasteiger partial charge in [-0.25, -0.2) is 0 Å². The van der Waals surface area contributed by atoms with Gasteiger partial charge in [-0.05, 0) is 73.4 Å². The lowest BCUT2D eigenvalue weighted by molar-refractivity contribution is -0.146. The minimum atomic E-state index is -0.674. The summed E-state index contributed by atoms with van der Waals surface area (Å²) in [6.45, 7) is 2.53. The first-order chi connectivity index (χ1) is 16.0. The highest BCUT2D eigenvalue weighted by Crippen LogP contribution is 2.32. The minimum absolute atomic E-state index is 0.199. The first-order valence-electron chi connectivity index (χ1n) is 11.3. The van der Waals surface area contributed by atoms with E-state index in [0.717, 1.165) is 66.7 Å². The number of hydrogen-bond acceptors (Lipinski definition) is 6. The molecule has 5 nitrogen and oxygen atoms in total. The Kier molecular flexibility index (Phi) is 8.52. The van der Waals surface area contributed by atoms with Gasteiger partial charge in [0, 0.05) is 40.7 Å². The number of thiophene rings is 1. The number of piperidine rings is 1. The molecule has 1 aliphatic rings. The topological polar surface area (TPSA) is 62.7 Å². The number of likely N-dealkylation sites (tertiary alicyclic amines) is 1. The number of pyridine rings is 1. The number of aliphatic carboxylic acids is 1. The lowest BCUT2D eigenvalue weighted by atomic mass is 9.81. The number of halogens is 1. The molecule has 1 aromatic carbocycles. The summed E-state index contributed by atoms with van der Waals surface area (Å²) in [4.78, 5) is 20.1. The molecular formula is C25H29ClN2O3S2. The van der Waals surface area contributed by atoms with Crippen LogP contribution in [0.2, 0.25) is 5.02 Å². The second kappa shape index (κ2) is 11.6. The van der Waals surface area contributed by atoms with Gasteiger partial charge >= 0.3 is 5.97 Å². The summed E-state index contributed by atoms with van der Waals surface area (Å²) >= 11 is 10.0. The van der Waals surface area contributed by atoms with Crippen molar-refractivity contribution in [2.24, 2.45) is 11.8 Å². The second-order valence-electron chi connectivity index (χ2n) is 8.46. The van der Waals surface area contributed by atoms with E-state index in [4.69, 9.17) is 16.3 Å². The van der Waals surface area contributed by atoms with Crippen LogP contribution in [-0.2, 0) is 11.2 Å². The Bertz CT molecular complexity index is 1080. The van der Waals surface area contributed by atoms with E-state index in [1.165, 1.54) is 4.90 Å². The molecule has 3 heterocycles. The Morgan fingerprint density at radius 1 is 1.39 bits per heavy atom. The molecule has 4 rings (SSSR count). The lowest BCUT2D eigenvalue weighted by Crippen LogP contribution is -2.44. The van der Waals surface area contributed by atoms with Gasteiger partial charge in [0.25, 0.3) is 0 Å². The predicted molar refractivity (Wildman–Crippen MR) is 137 cm³/mol. The molecule has 0 bridgehead atoms. The first kappa shape index (κ1) is 24.3. The molecule has 0 aliphatic carbocycles. The smallest absolute Gasteiger partial charge is 0.308 e. The van der Waals surface area contributed by atoms with Crippen LogP contribution in [0.3, 0.4) is 0 Å². The molecule has 8 heteroatoms. The van der Waals surface area contributed by atoms with Crippen LogP contribution in [0, 0.1) is 11.8 Å². The highest BCUT2D eigenvalue weighted by Gasteiger charge is 2.33. The second-order valence-corrected chi connectivity index (χ2v) is 10.8. The summed E-state index contributed by atoms with van der Waals surface area (Å²) in [5, 5.41) is 15.8. The molecule has 1 N–H and O–H groups in total. The number of ether oxygens (including phenoxy) is 1. The van der Waals surface area contributed by atoms with Gasteiger partial charge in [-0.3, -0.25) is 9.78 Å². The number of methoxy groups -OCH3 is 1. The Hall–Kier alpha value is -1.80. The standard InChI is InChI=1S/C25H29ClN2O3S2/c1-31-18-5-6-24-21(13-18)20(23(26)14-27-24)4-2-3-17-7-9-28(15-22(17)25(29)30)10-12-33-19-8-11-32-16-19/h5-6,8,11,13-14,16-17,22H,2-4,7,9-10,12,15H2,1H3,(H,29,30)/t17-,22+/m0/s1. The van der Waals surface area contributed by atoms with Crippen molar-refractivity contribution < 1.29 is 14.6 Å². The molecule has 176 valence electrons. The predicted octanol–water partition coefficient (Wildman–Crippen LogP) is 6.10. The van der Waals surface area contributed by atoms with Gasteiger partial charge in [-0.1, -0.05) is 11.6 Å². The fourth-order valence-corrected chi connectivity index (χ4v) is 6.68. The van der Waals surface area contributed by atoms with Crippen LogP contribution < -0.4 is 4.74 Å². The van der Waals surface area contributed by atoms with Crippen molar-refractivity contribution in [1.29, 1.82) is 0 Å². The number of carboxylic acids is 1. The largest absolute Gasteiger partial charge is 0.497 e. The Morgan fingerprint density at radius 2 is 2.27 bits per heavy atom. The first-order valence-corrected chi connectivity index (χ1v) is 13.6. The number of aryl methyl sites for hydroxylation is 1. The minimum Gasteiger partial charge on any atom is -0.497 e. The third kappa shape index (κ3) is 6.21. The van der Waals surface area contributed by atoms with E-state index in [0.29, 0.717) is 11.6 Å². The third-order valence-corrected chi connectivity index (χ3v) is 8.60. The highest BCUT2D eigenvalue weighted by atomic mass is 35.5. The zero-order valence-electron chi connectivity index (χ0n) is 18.7. The van der Waals surface area contributed by atoms with Crippen molar-refractivity contribution in [3.05, 3.63) is 51.8 Å². The molecule has 0 radical (unpaired) electrons. The van der Waals surface area contributed by atoms with Gasteiger partial charge in [0.1, 0.15) is 5.75 Å². The average molecular weight is 505 g/mol. The average Bonchev–Trinajstić information content (AvgIpc) is 3.34. The summed E-state index contributed by atoms with van der Waals surface area (Å²) in [7, 11) is 1.65. The molecule has 1 fully saturated rings. The molecule has 1 saturated heterocycles. The molecule has 3 aromatic rings. The van der Waals surface area contributed by atoms with E-state index in [1.807, 2.05) is 30.0 Å². The number of fused-ring (bicyclic) bond motifs is 1. The highest BCUT2D eigenvalue weighted by molar-refractivity contribution is 7.99. The molecule has 33 heavy (non-hydrogen) atoms. The maximum absolute atomic E-state index is 12.0. The molecular weight excluding hydrogens is 476 g/mol. The third-order valence-electron chi connectivity index (χ3n) is 6.46. The van der Waals surface area contributed by atoms with E-state index in [1.54, 1.807) is 24.6 Å². The Balaban J connectivity index is 1.33. The SMILES string of the molecule is COc1ccc2ncc(Cl)c(CCC[C@H]3CCN(CCSc4ccsc4)C[C@H]3C(=O)O)c2c1. The van der Waals surface area contributed by atoms with Gasteiger partial charge in [0.05, 0.1) is 23.6 Å². The number of benzene rings is 1. The van der Waals surface area contributed by atoms with E-state index >= 15 is 0 Å². The van der Waals surface area contributed by atoms with E-state index in [-0.39, 0.29) is 11.8 Å². The number of rotatable bonds is 10. The van der Waals surface area contributed by atoms with E-state index < -0.39 is 5.97 Å². The zero-order chi connectivity index (χ0) is 23.2. The maximum atomic E-state index is 12.0. The number of hydrogen-bond donors (Lipinski definition) is 1. The van der Waals surface area contributed by atoms with Crippen molar-refractivity contribution in [3.8, 4) is 5.75 Å². The maximum Gasteiger partial charge on any atom is 0.308 e. The van der Waals surface area contributed by atoms with Gasteiger partial charge < -0.3 is 14.7 Å².